The first-order valence-electron chi connectivity index (χ1n) is 5.30. The van der Waals surface area contributed by atoms with Crippen LogP contribution in [0, 0.1) is 10.1 Å². The number of rotatable bonds is 3. The third kappa shape index (κ3) is 2.59. The third-order valence-electron chi connectivity index (χ3n) is 2.56. The first kappa shape index (κ1) is 14.3. The van der Waals surface area contributed by atoms with E-state index >= 15 is 0 Å². The van der Waals surface area contributed by atoms with Crippen LogP contribution in [-0.2, 0) is 9.84 Å². The van der Waals surface area contributed by atoms with Gasteiger partial charge in [0.25, 0.3) is 5.69 Å². The van der Waals surface area contributed by atoms with E-state index in [9.17, 15) is 23.6 Å². The number of non-ortho nitro benzene ring substituents is 1. The van der Waals surface area contributed by atoms with Gasteiger partial charge in [0.05, 0.1) is 19.7 Å². The summed E-state index contributed by atoms with van der Waals surface area (Å²) >= 11 is 5.80. The van der Waals surface area contributed by atoms with Crippen molar-refractivity contribution in [2.24, 2.45) is 0 Å². The summed E-state index contributed by atoms with van der Waals surface area (Å²) in [4.78, 5) is 9.62. The smallest absolute Gasteiger partial charge is 0.269 e. The Morgan fingerprint density at radius 3 is 2.20 bits per heavy atom. The number of hydrogen-bond acceptors (Lipinski definition) is 5. The number of benzene rings is 2. The Kier molecular flexibility index (Phi) is 3.65. The molecule has 0 bridgehead atoms. The monoisotopic (exact) mass is 313 g/mol. The number of phenolic OH excluding ortho intramolecular Hbond substituents is 1. The fourth-order valence-electron chi connectivity index (χ4n) is 1.58. The zero-order valence-corrected chi connectivity index (χ0v) is 11.4. The van der Waals surface area contributed by atoms with Crippen LogP contribution < -0.4 is 0 Å². The highest BCUT2D eigenvalue weighted by atomic mass is 35.5. The summed E-state index contributed by atoms with van der Waals surface area (Å²) in [5.74, 6) is -0.155. The Balaban J connectivity index is 2.52. The van der Waals surface area contributed by atoms with Crippen LogP contribution in [0.15, 0.2) is 52.3 Å². The number of aromatic hydroxyl groups is 1. The minimum atomic E-state index is -3.89. The highest BCUT2D eigenvalue weighted by Gasteiger charge is 2.21. The van der Waals surface area contributed by atoms with Gasteiger partial charge in [-0.2, -0.15) is 0 Å². The van der Waals surface area contributed by atoms with E-state index in [1.165, 1.54) is 12.1 Å². The van der Waals surface area contributed by atoms with Crippen molar-refractivity contribution in [2.45, 2.75) is 9.79 Å². The largest absolute Gasteiger partial charge is 0.508 e. The zero-order valence-electron chi connectivity index (χ0n) is 9.86. The summed E-state index contributed by atoms with van der Waals surface area (Å²) in [7, 11) is -3.89. The minimum Gasteiger partial charge on any atom is -0.508 e. The first-order chi connectivity index (χ1) is 9.32. The fourth-order valence-corrected chi connectivity index (χ4v) is 3.37. The number of nitrogens with zero attached hydrogens (tertiary/aromatic N) is 1. The van der Waals surface area contributed by atoms with Gasteiger partial charge in [0.1, 0.15) is 5.75 Å². The Morgan fingerprint density at radius 2 is 1.70 bits per heavy atom. The van der Waals surface area contributed by atoms with Crippen LogP contribution >= 0.6 is 11.6 Å². The molecule has 0 amide bonds. The van der Waals surface area contributed by atoms with Gasteiger partial charge in [-0.1, -0.05) is 11.6 Å². The molecule has 0 spiro atoms. The zero-order chi connectivity index (χ0) is 14.9. The summed E-state index contributed by atoms with van der Waals surface area (Å²) in [6, 6.07) is 7.95. The highest BCUT2D eigenvalue weighted by Crippen LogP contribution is 2.30. The van der Waals surface area contributed by atoms with Crippen LogP contribution in [0.1, 0.15) is 0 Å². The molecule has 0 aromatic heterocycles. The summed E-state index contributed by atoms with van der Waals surface area (Å²) in [6.45, 7) is 0. The molecule has 2 aromatic carbocycles. The quantitative estimate of drug-likeness (QED) is 0.694. The van der Waals surface area contributed by atoms with Crippen molar-refractivity contribution in [1.82, 2.24) is 0 Å². The summed E-state index contributed by atoms with van der Waals surface area (Å²) in [6.07, 6.45) is 0. The molecule has 0 atom stereocenters. The number of sulfone groups is 1. The van der Waals surface area contributed by atoms with Crippen LogP contribution in [0.5, 0.6) is 5.75 Å². The predicted molar refractivity (Wildman–Crippen MR) is 71.7 cm³/mol. The van der Waals surface area contributed by atoms with Gasteiger partial charge in [0, 0.05) is 12.1 Å². The van der Waals surface area contributed by atoms with Crippen LogP contribution in [0.4, 0.5) is 5.69 Å². The van der Waals surface area contributed by atoms with E-state index in [1.54, 1.807) is 0 Å². The molecule has 0 saturated heterocycles. The maximum Gasteiger partial charge on any atom is 0.269 e. The van der Waals surface area contributed by atoms with Crippen molar-refractivity contribution in [2.75, 3.05) is 0 Å². The lowest BCUT2D eigenvalue weighted by Gasteiger charge is -2.06. The summed E-state index contributed by atoms with van der Waals surface area (Å²) in [5, 5.41) is 19.6. The second-order valence-electron chi connectivity index (χ2n) is 3.87. The topological polar surface area (TPSA) is 97.5 Å². The van der Waals surface area contributed by atoms with Crippen LogP contribution in [-0.4, -0.2) is 18.4 Å². The number of nitro benzene ring substituents is 1. The molecule has 0 unspecified atom stereocenters. The van der Waals surface area contributed by atoms with Crippen LogP contribution in [0.3, 0.4) is 0 Å². The van der Waals surface area contributed by atoms with Gasteiger partial charge in [-0.3, -0.25) is 10.1 Å². The Labute approximate surface area is 119 Å². The van der Waals surface area contributed by atoms with Gasteiger partial charge in [-0.25, -0.2) is 8.42 Å². The Bertz CT molecular complexity index is 771. The van der Waals surface area contributed by atoms with Gasteiger partial charge >= 0.3 is 0 Å². The van der Waals surface area contributed by atoms with E-state index in [0.717, 1.165) is 30.3 Å². The highest BCUT2D eigenvalue weighted by molar-refractivity contribution is 7.91. The minimum absolute atomic E-state index is 0.115. The molecule has 1 N–H and O–H groups in total. The number of hydrogen-bond donors (Lipinski definition) is 1. The molecule has 104 valence electrons. The number of nitro groups is 1. The molecule has 0 fully saturated rings. The van der Waals surface area contributed by atoms with E-state index in [4.69, 9.17) is 11.6 Å². The lowest BCUT2D eigenvalue weighted by Crippen LogP contribution is -2.03. The van der Waals surface area contributed by atoms with Gasteiger partial charge in [0.2, 0.25) is 9.84 Å². The normalized spacial score (nSPS) is 11.2. The Morgan fingerprint density at radius 1 is 1.10 bits per heavy atom. The van der Waals surface area contributed by atoms with Crippen molar-refractivity contribution in [3.63, 3.8) is 0 Å². The van der Waals surface area contributed by atoms with Crippen LogP contribution in [0.2, 0.25) is 5.02 Å². The maximum atomic E-state index is 12.3. The molecule has 6 nitrogen and oxygen atoms in total. The second kappa shape index (κ2) is 5.10. The van der Waals surface area contributed by atoms with Gasteiger partial charge in [-0.15, -0.1) is 0 Å². The molecule has 0 heterocycles. The molecular formula is C12H8ClNO5S. The van der Waals surface area contributed by atoms with Crippen molar-refractivity contribution in [3.05, 3.63) is 57.6 Å². The van der Waals surface area contributed by atoms with Gasteiger partial charge in [0.15, 0.2) is 0 Å². The molecule has 20 heavy (non-hydrogen) atoms. The molecule has 2 aromatic rings. The average molecular weight is 314 g/mol. The molecule has 2 rings (SSSR count). The third-order valence-corrected chi connectivity index (χ3v) is 4.82. The maximum absolute atomic E-state index is 12.3. The van der Waals surface area contributed by atoms with E-state index in [2.05, 4.69) is 0 Å². The van der Waals surface area contributed by atoms with Crippen LogP contribution in [0.25, 0.3) is 0 Å². The van der Waals surface area contributed by atoms with Crippen molar-refractivity contribution in [3.8, 4) is 5.75 Å². The Hall–Kier alpha value is -2.12. The SMILES string of the molecule is O=[N+]([O-])c1ccc(S(=O)(=O)c2ccc(O)cc2Cl)cc1. The molecule has 8 heteroatoms. The number of halogens is 1. The van der Waals surface area contributed by atoms with Crippen molar-refractivity contribution >= 4 is 27.1 Å². The standard InChI is InChI=1S/C12H8ClNO5S/c13-11-7-9(15)3-6-12(11)20(18,19)10-4-1-8(2-5-10)14(16)17/h1-7,15H. The molecule has 0 saturated carbocycles. The lowest BCUT2D eigenvalue weighted by atomic mass is 10.3. The number of phenols is 1. The summed E-state index contributed by atoms with van der Waals surface area (Å²) in [5.41, 5.74) is -0.208. The molecule has 0 aliphatic heterocycles. The van der Waals surface area contributed by atoms with Crippen molar-refractivity contribution in [1.29, 1.82) is 0 Å². The van der Waals surface area contributed by atoms with E-state index < -0.39 is 14.8 Å². The average Bonchev–Trinajstić information content (AvgIpc) is 2.38. The predicted octanol–water partition coefficient (Wildman–Crippen LogP) is 2.79. The molecule has 0 aliphatic carbocycles. The van der Waals surface area contributed by atoms with E-state index in [0.29, 0.717) is 0 Å². The van der Waals surface area contributed by atoms with Gasteiger partial charge in [-0.05, 0) is 30.3 Å². The van der Waals surface area contributed by atoms with E-state index in [1.807, 2.05) is 0 Å². The van der Waals surface area contributed by atoms with E-state index in [-0.39, 0.29) is 26.3 Å². The van der Waals surface area contributed by atoms with Crippen molar-refractivity contribution < 1.29 is 18.4 Å². The lowest BCUT2D eigenvalue weighted by molar-refractivity contribution is -0.384. The first-order valence-corrected chi connectivity index (χ1v) is 7.16. The van der Waals surface area contributed by atoms with Gasteiger partial charge < -0.3 is 5.11 Å². The molecule has 0 aliphatic rings. The molecule has 0 radical (unpaired) electrons. The second-order valence-corrected chi connectivity index (χ2v) is 6.19. The fraction of sp³-hybridized carbons (Fsp3) is 0. The molecular weight excluding hydrogens is 306 g/mol. The summed E-state index contributed by atoms with van der Waals surface area (Å²) < 4.78 is 24.6.